The van der Waals surface area contributed by atoms with Gasteiger partial charge in [-0.05, 0) is 13.3 Å². The molecule has 1 aliphatic rings. The summed E-state index contributed by atoms with van der Waals surface area (Å²) in [6, 6.07) is 0. The number of likely N-dealkylation sites (tertiary alicyclic amines) is 1. The second-order valence-corrected chi connectivity index (χ2v) is 5.07. The van der Waals surface area contributed by atoms with Crippen LogP contribution in [0.15, 0.2) is 0 Å². The lowest BCUT2D eigenvalue weighted by molar-refractivity contribution is -0.141. The van der Waals surface area contributed by atoms with E-state index in [0.29, 0.717) is 28.7 Å². The highest BCUT2D eigenvalue weighted by atomic mass is 32.1. The lowest BCUT2D eigenvalue weighted by Gasteiger charge is -2.14. The van der Waals surface area contributed by atoms with Crippen LogP contribution in [0.3, 0.4) is 0 Å². The summed E-state index contributed by atoms with van der Waals surface area (Å²) in [7, 11) is 0. The number of nitrogen functional groups attached to an aromatic ring is 1. The van der Waals surface area contributed by atoms with Gasteiger partial charge in [-0.2, -0.15) is 0 Å². The number of nitrogens with two attached hydrogens (primary N) is 1. The molecule has 1 amide bonds. The fraction of sp³-hybridized carbons (Fsp3) is 0.500. The average molecular weight is 255 g/mol. The smallest absolute Gasteiger partial charge is 0.308 e. The summed E-state index contributed by atoms with van der Waals surface area (Å²) < 4.78 is 0. The number of rotatable bonds is 2. The molecule has 1 saturated heterocycles. The van der Waals surface area contributed by atoms with Crippen LogP contribution in [0.2, 0.25) is 0 Å². The molecule has 0 bridgehead atoms. The van der Waals surface area contributed by atoms with Crippen LogP contribution in [-0.4, -0.2) is 40.0 Å². The van der Waals surface area contributed by atoms with E-state index in [2.05, 4.69) is 4.98 Å². The Morgan fingerprint density at radius 2 is 2.29 bits per heavy atom. The van der Waals surface area contributed by atoms with Crippen LogP contribution < -0.4 is 5.73 Å². The molecule has 17 heavy (non-hydrogen) atoms. The van der Waals surface area contributed by atoms with E-state index < -0.39 is 11.9 Å². The summed E-state index contributed by atoms with van der Waals surface area (Å²) >= 11 is 1.15. The fourth-order valence-corrected chi connectivity index (χ4v) is 2.71. The van der Waals surface area contributed by atoms with Gasteiger partial charge >= 0.3 is 5.97 Å². The molecule has 1 aliphatic heterocycles. The zero-order chi connectivity index (χ0) is 12.6. The highest BCUT2D eigenvalue weighted by molar-refractivity contribution is 7.17. The minimum atomic E-state index is -0.846. The van der Waals surface area contributed by atoms with Crippen molar-refractivity contribution in [1.29, 1.82) is 0 Å². The second-order valence-electron chi connectivity index (χ2n) is 4.04. The molecule has 0 aromatic carbocycles. The van der Waals surface area contributed by atoms with E-state index in [-0.39, 0.29) is 12.5 Å². The van der Waals surface area contributed by atoms with Gasteiger partial charge in [0.15, 0.2) is 5.13 Å². The molecular formula is C10H13N3O3S. The van der Waals surface area contributed by atoms with Crippen molar-refractivity contribution in [3.05, 3.63) is 10.6 Å². The molecule has 1 atom stereocenters. The Hall–Kier alpha value is -1.63. The highest BCUT2D eigenvalue weighted by Gasteiger charge is 2.32. The highest BCUT2D eigenvalue weighted by Crippen LogP contribution is 2.25. The van der Waals surface area contributed by atoms with E-state index in [4.69, 9.17) is 10.8 Å². The van der Waals surface area contributed by atoms with Crippen LogP contribution in [0.5, 0.6) is 0 Å². The molecule has 1 fully saturated rings. The number of carboxylic acids is 1. The number of carbonyl (C=O) groups excluding carboxylic acids is 1. The molecule has 1 aromatic rings. The van der Waals surface area contributed by atoms with Crippen molar-refractivity contribution < 1.29 is 14.7 Å². The van der Waals surface area contributed by atoms with Crippen molar-refractivity contribution in [2.45, 2.75) is 13.3 Å². The van der Waals surface area contributed by atoms with Crippen molar-refractivity contribution in [3.63, 3.8) is 0 Å². The van der Waals surface area contributed by atoms with E-state index in [0.717, 1.165) is 11.3 Å². The predicted octanol–water partition coefficient (Wildman–Crippen LogP) is 0.580. The number of nitrogens with zero attached hydrogens (tertiary/aromatic N) is 2. The topological polar surface area (TPSA) is 96.5 Å². The van der Waals surface area contributed by atoms with Gasteiger partial charge in [0.25, 0.3) is 5.91 Å². The third-order valence-corrected chi connectivity index (χ3v) is 3.81. The quantitative estimate of drug-likeness (QED) is 0.805. The number of aliphatic carboxylic acids is 1. The first kappa shape index (κ1) is 11.8. The normalized spacial score (nSPS) is 19.6. The zero-order valence-corrected chi connectivity index (χ0v) is 10.2. The summed E-state index contributed by atoms with van der Waals surface area (Å²) in [6.07, 6.45) is 0.508. The molecule has 3 N–H and O–H groups in total. The molecular weight excluding hydrogens is 242 g/mol. The van der Waals surface area contributed by atoms with Gasteiger partial charge in [-0.15, -0.1) is 0 Å². The number of aromatic nitrogens is 1. The number of anilines is 1. The van der Waals surface area contributed by atoms with Gasteiger partial charge in [-0.3, -0.25) is 9.59 Å². The Kier molecular flexibility index (Phi) is 3.01. The second kappa shape index (κ2) is 4.33. The molecule has 2 heterocycles. The summed E-state index contributed by atoms with van der Waals surface area (Å²) in [6.45, 7) is 2.48. The van der Waals surface area contributed by atoms with Crippen LogP contribution in [0.25, 0.3) is 0 Å². The standard InChI is InChI=1S/C10H13N3O3S/c1-5-7(17-10(11)12-5)8(14)13-3-2-6(4-13)9(15)16/h6H,2-4H2,1H3,(H2,11,12)(H,15,16). The third kappa shape index (κ3) is 2.23. The van der Waals surface area contributed by atoms with Gasteiger partial charge in [0.05, 0.1) is 11.6 Å². The lowest BCUT2D eigenvalue weighted by atomic mass is 10.1. The molecule has 0 saturated carbocycles. The Bertz CT molecular complexity index is 471. The van der Waals surface area contributed by atoms with E-state index in [1.54, 1.807) is 11.8 Å². The summed E-state index contributed by atoms with van der Waals surface area (Å²) in [5.74, 6) is -1.47. The summed E-state index contributed by atoms with van der Waals surface area (Å²) in [5.41, 5.74) is 6.14. The van der Waals surface area contributed by atoms with Gasteiger partial charge in [-0.25, -0.2) is 4.98 Å². The maximum absolute atomic E-state index is 12.1. The number of carboxylic acid groups (broad SMARTS) is 1. The predicted molar refractivity (Wildman–Crippen MR) is 62.9 cm³/mol. The van der Waals surface area contributed by atoms with Gasteiger partial charge in [0.2, 0.25) is 0 Å². The first-order chi connectivity index (χ1) is 7.99. The molecule has 1 unspecified atom stereocenters. The summed E-state index contributed by atoms with van der Waals surface area (Å²) in [4.78, 5) is 29.0. The minimum Gasteiger partial charge on any atom is -0.481 e. The van der Waals surface area contributed by atoms with Crippen molar-refractivity contribution in [3.8, 4) is 0 Å². The first-order valence-electron chi connectivity index (χ1n) is 5.24. The molecule has 92 valence electrons. The number of carbonyl (C=O) groups is 2. The molecule has 2 rings (SSSR count). The molecule has 6 nitrogen and oxygen atoms in total. The molecule has 1 aromatic heterocycles. The SMILES string of the molecule is Cc1nc(N)sc1C(=O)N1CCC(C(=O)O)C1. The Labute approximate surface area is 102 Å². The minimum absolute atomic E-state index is 0.166. The Balaban J connectivity index is 2.12. The average Bonchev–Trinajstić information content (AvgIpc) is 2.84. The van der Waals surface area contributed by atoms with Crippen molar-refractivity contribution in [1.82, 2.24) is 9.88 Å². The van der Waals surface area contributed by atoms with Crippen molar-refractivity contribution >= 4 is 28.3 Å². The number of hydrogen-bond acceptors (Lipinski definition) is 5. The van der Waals surface area contributed by atoms with Gasteiger partial charge in [0.1, 0.15) is 4.88 Å². The fourth-order valence-electron chi connectivity index (χ4n) is 1.91. The van der Waals surface area contributed by atoms with Gasteiger partial charge < -0.3 is 15.7 Å². The molecule has 0 spiro atoms. The Morgan fingerprint density at radius 3 is 2.76 bits per heavy atom. The van der Waals surface area contributed by atoms with E-state index >= 15 is 0 Å². The first-order valence-corrected chi connectivity index (χ1v) is 6.05. The maximum Gasteiger partial charge on any atom is 0.308 e. The van der Waals surface area contributed by atoms with Crippen LogP contribution >= 0.6 is 11.3 Å². The Morgan fingerprint density at radius 1 is 1.59 bits per heavy atom. The largest absolute Gasteiger partial charge is 0.481 e. The van der Waals surface area contributed by atoms with Crippen molar-refractivity contribution in [2.75, 3.05) is 18.8 Å². The van der Waals surface area contributed by atoms with Crippen LogP contribution in [0.1, 0.15) is 21.8 Å². The summed E-state index contributed by atoms with van der Waals surface area (Å²) in [5, 5.41) is 9.24. The van der Waals surface area contributed by atoms with Gasteiger partial charge in [-0.1, -0.05) is 11.3 Å². The number of thiazole rings is 1. The number of aryl methyl sites for hydroxylation is 1. The van der Waals surface area contributed by atoms with Gasteiger partial charge in [0, 0.05) is 13.1 Å². The van der Waals surface area contributed by atoms with E-state index in [1.165, 1.54) is 0 Å². The molecule has 0 aliphatic carbocycles. The zero-order valence-electron chi connectivity index (χ0n) is 9.34. The molecule has 0 radical (unpaired) electrons. The van der Waals surface area contributed by atoms with E-state index in [9.17, 15) is 9.59 Å². The molecule has 7 heteroatoms. The maximum atomic E-state index is 12.1. The monoisotopic (exact) mass is 255 g/mol. The third-order valence-electron chi connectivity index (χ3n) is 2.83. The van der Waals surface area contributed by atoms with Crippen LogP contribution in [-0.2, 0) is 4.79 Å². The number of hydrogen-bond donors (Lipinski definition) is 2. The van der Waals surface area contributed by atoms with E-state index in [1.807, 2.05) is 0 Å². The van der Waals surface area contributed by atoms with Crippen LogP contribution in [0.4, 0.5) is 5.13 Å². The number of amides is 1. The van der Waals surface area contributed by atoms with Crippen molar-refractivity contribution in [2.24, 2.45) is 5.92 Å². The lowest BCUT2D eigenvalue weighted by Crippen LogP contribution is -2.29. The van der Waals surface area contributed by atoms with Crippen LogP contribution in [0, 0.1) is 12.8 Å².